The van der Waals surface area contributed by atoms with E-state index < -0.39 is 0 Å². The lowest BCUT2D eigenvalue weighted by Crippen LogP contribution is -2.36. The molecule has 5 heteroatoms. The lowest BCUT2D eigenvalue weighted by Gasteiger charge is -2.35. The average Bonchev–Trinajstić information content (AvgIpc) is 2.81. The van der Waals surface area contributed by atoms with Crippen LogP contribution in [0.1, 0.15) is 22.3 Å². The van der Waals surface area contributed by atoms with Crippen LogP contribution in [-0.2, 0) is 0 Å². The predicted molar refractivity (Wildman–Crippen MR) is 83.6 cm³/mol. The number of para-hydroxylation sites is 2. The van der Waals surface area contributed by atoms with Gasteiger partial charge in [0.1, 0.15) is 0 Å². The minimum Gasteiger partial charge on any atom is -0.371 e. The number of likely N-dealkylation sites (N-methyl/N-ethyl adjacent to an activating group) is 1. The SMILES string of the molecule is CC(=O)c1sc(N2CCN(C)c3ccccc32)nc1C. The van der Waals surface area contributed by atoms with Crippen LogP contribution in [-0.4, -0.2) is 30.9 Å². The number of hydrogen-bond donors (Lipinski definition) is 0. The van der Waals surface area contributed by atoms with Crippen LogP contribution in [0.2, 0.25) is 0 Å². The third-order valence-corrected chi connectivity index (χ3v) is 4.86. The molecule has 0 amide bonds. The number of carbonyl (C=O) groups is 1. The molecule has 1 aromatic heterocycles. The van der Waals surface area contributed by atoms with Gasteiger partial charge in [0, 0.05) is 27.1 Å². The number of anilines is 3. The van der Waals surface area contributed by atoms with E-state index in [9.17, 15) is 4.79 Å². The molecule has 0 atom stereocenters. The van der Waals surface area contributed by atoms with Crippen molar-refractivity contribution in [3.8, 4) is 0 Å². The maximum Gasteiger partial charge on any atom is 0.190 e. The molecule has 104 valence electrons. The summed E-state index contributed by atoms with van der Waals surface area (Å²) < 4.78 is 0. The van der Waals surface area contributed by atoms with Crippen molar-refractivity contribution in [2.24, 2.45) is 0 Å². The summed E-state index contributed by atoms with van der Waals surface area (Å²) in [4.78, 5) is 21.4. The zero-order valence-electron chi connectivity index (χ0n) is 11.9. The zero-order valence-corrected chi connectivity index (χ0v) is 12.7. The minimum absolute atomic E-state index is 0.0914. The van der Waals surface area contributed by atoms with E-state index >= 15 is 0 Å². The lowest BCUT2D eigenvalue weighted by atomic mass is 10.2. The molecule has 3 rings (SSSR count). The molecule has 1 aliphatic heterocycles. The Morgan fingerprint density at radius 1 is 1.25 bits per heavy atom. The van der Waals surface area contributed by atoms with Gasteiger partial charge in [0.2, 0.25) is 0 Å². The first-order chi connectivity index (χ1) is 9.58. The summed E-state index contributed by atoms with van der Waals surface area (Å²) in [6.45, 7) is 5.34. The average molecular weight is 287 g/mol. The monoisotopic (exact) mass is 287 g/mol. The number of ketones is 1. The van der Waals surface area contributed by atoms with Crippen LogP contribution in [0.3, 0.4) is 0 Å². The van der Waals surface area contributed by atoms with Crippen LogP contribution < -0.4 is 9.80 Å². The van der Waals surface area contributed by atoms with E-state index in [0.29, 0.717) is 0 Å². The molecule has 1 aromatic carbocycles. The van der Waals surface area contributed by atoms with E-state index in [1.165, 1.54) is 17.0 Å². The number of rotatable bonds is 2. The summed E-state index contributed by atoms with van der Waals surface area (Å²) in [7, 11) is 2.10. The molecular weight excluding hydrogens is 270 g/mol. The first-order valence-corrected chi connectivity index (χ1v) is 7.45. The van der Waals surface area contributed by atoms with Crippen LogP contribution in [0, 0.1) is 6.92 Å². The first-order valence-electron chi connectivity index (χ1n) is 6.64. The van der Waals surface area contributed by atoms with Crippen LogP contribution in [0.4, 0.5) is 16.5 Å². The van der Waals surface area contributed by atoms with Crippen molar-refractivity contribution in [3.63, 3.8) is 0 Å². The standard InChI is InChI=1S/C15H17N3OS/c1-10-14(11(2)19)20-15(16-10)18-9-8-17(3)12-6-4-5-7-13(12)18/h4-7H,8-9H2,1-3H3. The van der Waals surface area contributed by atoms with Gasteiger partial charge < -0.3 is 9.80 Å². The van der Waals surface area contributed by atoms with E-state index in [2.05, 4.69) is 34.0 Å². The Bertz CT molecular complexity index is 665. The van der Waals surface area contributed by atoms with Gasteiger partial charge >= 0.3 is 0 Å². The fraction of sp³-hybridized carbons (Fsp3) is 0.333. The van der Waals surface area contributed by atoms with Gasteiger partial charge in [-0.25, -0.2) is 4.98 Å². The third kappa shape index (κ3) is 2.08. The fourth-order valence-corrected chi connectivity index (χ4v) is 3.53. The number of aryl methyl sites for hydroxylation is 1. The molecular formula is C15H17N3OS. The van der Waals surface area contributed by atoms with Crippen molar-refractivity contribution in [2.45, 2.75) is 13.8 Å². The number of hydrogen-bond acceptors (Lipinski definition) is 5. The first kappa shape index (κ1) is 13.1. The number of benzene rings is 1. The maximum atomic E-state index is 11.6. The molecule has 0 bridgehead atoms. The Kier molecular flexibility index (Phi) is 3.22. The Hall–Kier alpha value is -1.88. The van der Waals surface area contributed by atoms with Crippen molar-refractivity contribution in [1.82, 2.24) is 4.98 Å². The number of Topliss-reactive ketones (excluding diaryl/α,β-unsaturated/α-hetero) is 1. The second-order valence-electron chi connectivity index (χ2n) is 5.03. The van der Waals surface area contributed by atoms with Crippen molar-refractivity contribution in [3.05, 3.63) is 34.8 Å². The third-order valence-electron chi connectivity index (χ3n) is 3.58. The molecule has 0 saturated heterocycles. The highest BCUT2D eigenvalue weighted by molar-refractivity contribution is 7.17. The highest BCUT2D eigenvalue weighted by Crippen LogP contribution is 2.39. The van der Waals surface area contributed by atoms with Crippen molar-refractivity contribution in [2.75, 3.05) is 29.9 Å². The van der Waals surface area contributed by atoms with Gasteiger partial charge in [0.15, 0.2) is 10.9 Å². The second-order valence-corrected chi connectivity index (χ2v) is 6.01. The molecule has 0 spiro atoms. The van der Waals surface area contributed by atoms with Gasteiger partial charge in [-0.15, -0.1) is 0 Å². The van der Waals surface area contributed by atoms with Gasteiger partial charge in [-0.3, -0.25) is 4.79 Å². The van der Waals surface area contributed by atoms with Gasteiger partial charge in [-0.1, -0.05) is 23.5 Å². The molecule has 2 aromatic rings. The minimum atomic E-state index is 0.0914. The van der Waals surface area contributed by atoms with Crippen molar-refractivity contribution >= 4 is 33.6 Å². The lowest BCUT2D eigenvalue weighted by molar-refractivity contribution is 0.102. The van der Waals surface area contributed by atoms with E-state index in [0.717, 1.165) is 34.5 Å². The Morgan fingerprint density at radius 3 is 2.60 bits per heavy atom. The molecule has 0 aliphatic carbocycles. The summed E-state index contributed by atoms with van der Waals surface area (Å²) >= 11 is 1.49. The summed E-state index contributed by atoms with van der Waals surface area (Å²) in [5.41, 5.74) is 3.19. The summed E-state index contributed by atoms with van der Waals surface area (Å²) in [6.07, 6.45) is 0. The van der Waals surface area contributed by atoms with E-state index in [4.69, 9.17) is 0 Å². The molecule has 0 fully saturated rings. The molecule has 1 aliphatic rings. The topological polar surface area (TPSA) is 36.4 Å². The van der Waals surface area contributed by atoms with E-state index in [-0.39, 0.29) is 5.78 Å². The van der Waals surface area contributed by atoms with Gasteiger partial charge in [-0.2, -0.15) is 0 Å². The maximum absolute atomic E-state index is 11.6. The highest BCUT2D eigenvalue weighted by Gasteiger charge is 2.24. The summed E-state index contributed by atoms with van der Waals surface area (Å²) in [5.74, 6) is 0.0914. The molecule has 0 N–H and O–H groups in total. The van der Waals surface area contributed by atoms with Crippen LogP contribution >= 0.6 is 11.3 Å². The van der Waals surface area contributed by atoms with Crippen LogP contribution in [0.5, 0.6) is 0 Å². The number of thiazole rings is 1. The van der Waals surface area contributed by atoms with E-state index in [1.807, 2.05) is 19.1 Å². The molecule has 0 saturated carbocycles. The largest absolute Gasteiger partial charge is 0.371 e. The van der Waals surface area contributed by atoms with Crippen molar-refractivity contribution < 1.29 is 4.79 Å². The smallest absolute Gasteiger partial charge is 0.190 e. The Labute approximate surface area is 122 Å². The molecule has 0 radical (unpaired) electrons. The zero-order chi connectivity index (χ0) is 14.3. The number of aromatic nitrogens is 1. The van der Waals surface area contributed by atoms with Crippen LogP contribution in [0.15, 0.2) is 24.3 Å². The second kappa shape index (κ2) is 4.90. The Morgan fingerprint density at radius 2 is 1.95 bits per heavy atom. The Balaban J connectivity index is 2.06. The van der Waals surface area contributed by atoms with Gasteiger partial charge in [-0.05, 0) is 19.1 Å². The van der Waals surface area contributed by atoms with Gasteiger partial charge in [0.05, 0.1) is 21.9 Å². The number of nitrogens with zero attached hydrogens (tertiary/aromatic N) is 3. The normalized spacial score (nSPS) is 14.3. The summed E-state index contributed by atoms with van der Waals surface area (Å²) in [6, 6.07) is 8.31. The molecule has 0 unspecified atom stereocenters. The number of carbonyl (C=O) groups excluding carboxylic acids is 1. The molecule has 4 nitrogen and oxygen atoms in total. The summed E-state index contributed by atoms with van der Waals surface area (Å²) in [5, 5.41) is 0.910. The number of fused-ring (bicyclic) bond motifs is 1. The van der Waals surface area contributed by atoms with Crippen LogP contribution in [0.25, 0.3) is 0 Å². The quantitative estimate of drug-likeness (QED) is 0.795. The van der Waals surface area contributed by atoms with Gasteiger partial charge in [0.25, 0.3) is 0 Å². The van der Waals surface area contributed by atoms with Crippen molar-refractivity contribution in [1.29, 1.82) is 0 Å². The highest BCUT2D eigenvalue weighted by atomic mass is 32.1. The fourth-order valence-electron chi connectivity index (χ4n) is 2.53. The molecule has 2 heterocycles. The van der Waals surface area contributed by atoms with E-state index in [1.54, 1.807) is 6.92 Å². The predicted octanol–water partition coefficient (Wildman–Crippen LogP) is 3.24. The molecule has 20 heavy (non-hydrogen) atoms.